The van der Waals surface area contributed by atoms with Crippen LogP contribution < -0.4 is 4.74 Å². The summed E-state index contributed by atoms with van der Waals surface area (Å²) in [6.07, 6.45) is 0. The van der Waals surface area contributed by atoms with E-state index >= 15 is 0 Å². The predicted molar refractivity (Wildman–Crippen MR) is 104 cm³/mol. The highest BCUT2D eigenvalue weighted by atomic mass is 35.5. The quantitative estimate of drug-likeness (QED) is 0.777. The molecule has 1 aromatic rings. The maximum Gasteiger partial charge on any atom is 0.236 e. The largest absolute Gasteiger partial charge is 0.491 e. The van der Waals surface area contributed by atoms with Crippen LogP contribution in [0.2, 0.25) is 5.02 Å². The van der Waals surface area contributed by atoms with Crippen molar-refractivity contribution in [3.05, 3.63) is 29.3 Å². The first-order chi connectivity index (χ1) is 11.7. The zero-order valence-electron chi connectivity index (χ0n) is 13.7. The van der Waals surface area contributed by atoms with Gasteiger partial charge in [0.05, 0.1) is 10.3 Å². The average Bonchev–Trinajstić information content (AvgIpc) is 2.64. The molecule has 2 heterocycles. The predicted octanol–water partition coefficient (Wildman–Crippen LogP) is 2.71. The van der Waals surface area contributed by atoms with Gasteiger partial charge in [-0.3, -0.25) is 9.69 Å². The SMILES string of the molecule is O=C(C1CSCCS1)N1CCN(CCOc2ccccc2Cl)CC1. The van der Waals surface area contributed by atoms with Gasteiger partial charge in [0.1, 0.15) is 12.4 Å². The van der Waals surface area contributed by atoms with Crippen LogP contribution in [0.4, 0.5) is 0 Å². The van der Waals surface area contributed by atoms with Crippen molar-refractivity contribution in [1.29, 1.82) is 0 Å². The molecule has 2 fully saturated rings. The fraction of sp³-hybridized carbons (Fsp3) is 0.588. The van der Waals surface area contributed by atoms with Crippen LogP contribution in [0.25, 0.3) is 0 Å². The third-order valence-electron chi connectivity index (χ3n) is 4.28. The molecule has 132 valence electrons. The Morgan fingerprint density at radius 1 is 1.21 bits per heavy atom. The summed E-state index contributed by atoms with van der Waals surface area (Å²) < 4.78 is 5.75. The summed E-state index contributed by atoms with van der Waals surface area (Å²) in [4.78, 5) is 16.9. The number of rotatable bonds is 5. The van der Waals surface area contributed by atoms with Gasteiger partial charge in [-0.25, -0.2) is 0 Å². The van der Waals surface area contributed by atoms with Crippen molar-refractivity contribution in [2.45, 2.75) is 5.25 Å². The van der Waals surface area contributed by atoms with Gasteiger partial charge in [-0.15, -0.1) is 11.8 Å². The third kappa shape index (κ3) is 4.97. The number of carbonyl (C=O) groups excluding carboxylic acids is 1. The van der Waals surface area contributed by atoms with E-state index in [1.54, 1.807) is 0 Å². The molecule has 1 aromatic carbocycles. The molecular weight excluding hydrogens is 364 g/mol. The van der Waals surface area contributed by atoms with Gasteiger partial charge in [0.15, 0.2) is 0 Å². The Balaban J connectivity index is 1.37. The maximum absolute atomic E-state index is 12.5. The number of benzene rings is 1. The summed E-state index contributed by atoms with van der Waals surface area (Å²) in [5, 5.41) is 0.814. The van der Waals surface area contributed by atoms with E-state index in [1.165, 1.54) is 5.75 Å². The van der Waals surface area contributed by atoms with Crippen LogP contribution in [0.5, 0.6) is 5.75 Å². The zero-order chi connectivity index (χ0) is 16.8. The molecule has 7 heteroatoms. The Morgan fingerprint density at radius 2 is 2.00 bits per heavy atom. The van der Waals surface area contributed by atoms with Crippen molar-refractivity contribution in [3.8, 4) is 5.75 Å². The van der Waals surface area contributed by atoms with E-state index in [1.807, 2.05) is 52.7 Å². The Morgan fingerprint density at radius 3 is 2.71 bits per heavy atom. The van der Waals surface area contributed by atoms with Crippen LogP contribution in [0.15, 0.2) is 24.3 Å². The van der Waals surface area contributed by atoms with Gasteiger partial charge in [-0.1, -0.05) is 23.7 Å². The van der Waals surface area contributed by atoms with E-state index in [0.29, 0.717) is 17.5 Å². The molecule has 4 nitrogen and oxygen atoms in total. The van der Waals surface area contributed by atoms with Gasteiger partial charge in [-0.2, -0.15) is 11.8 Å². The minimum atomic E-state index is 0.166. The Bertz CT molecular complexity index is 547. The first-order valence-electron chi connectivity index (χ1n) is 8.32. The van der Waals surface area contributed by atoms with Crippen LogP contribution in [0, 0.1) is 0 Å². The summed E-state index contributed by atoms with van der Waals surface area (Å²) in [7, 11) is 0. The third-order valence-corrected chi connectivity index (χ3v) is 7.33. The number of hydrogen-bond donors (Lipinski definition) is 0. The minimum Gasteiger partial charge on any atom is -0.491 e. The molecule has 24 heavy (non-hydrogen) atoms. The summed E-state index contributed by atoms with van der Waals surface area (Å²) >= 11 is 9.81. The lowest BCUT2D eigenvalue weighted by molar-refractivity contribution is -0.132. The Labute approximate surface area is 157 Å². The van der Waals surface area contributed by atoms with Crippen LogP contribution in [-0.4, -0.2) is 77.5 Å². The molecule has 0 spiro atoms. The van der Waals surface area contributed by atoms with Gasteiger partial charge in [0.25, 0.3) is 0 Å². The highest BCUT2D eigenvalue weighted by Gasteiger charge is 2.29. The molecule has 0 bridgehead atoms. The minimum absolute atomic E-state index is 0.166. The average molecular weight is 387 g/mol. The summed E-state index contributed by atoms with van der Waals surface area (Å²) in [5.41, 5.74) is 0. The number of hydrogen-bond acceptors (Lipinski definition) is 5. The lowest BCUT2D eigenvalue weighted by atomic mass is 10.3. The number of ether oxygens (including phenoxy) is 1. The van der Waals surface area contributed by atoms with Crippen molar-refractivity contribution in [2.75, 3.05) is 56.6 Å². The molecule has 0 saturated carbocycles. The smallest absolute Gasteiger partial charge is 0.236 e. The molecular formula is C17H23ClN2O2S2. The summed E-state index contributed by atoms with van der Waals surface area (Å²) in [6.45, 7) is 4.97. The van der Waals surface area contributed by atoms with Gasteiger partial charge >= 0.3 is 0 Å². The highest BCUT2D eigenvalue weighted by Crippen LogP contribution is 2.26. The molecule has 1 atom stereocenters. The summed E-state index contributed by atoms with van der Waals surface area (Å²) in [6, 6.07) is 7.54. The van der Waals surface area contributed by atoms with Crippen molar-refractivity contribution >= 4 is 41.0 Å². The first kappa shape index (κ1) is 18.2. The number of carbonyl (C=O) groups is 1. The zero-order valence-corrected chi connectivity index (χ0v) is 16.0. The number of nitrogens with zero attached hydrogens (tertiary/aromatic N) is 2. The Kier molecular flexibility index (Phi) is 7.01. The number of para-hydroxylation sites is 1. The standard InChI is InChI=1S/C17H23ClN2O2S2/c18-14-3-1-2-4-15(14)22-10-9-19-5-7-20(8-6-19)17(21)16-13-23-11-12-24-16/h1-4,16H,5-13H2. The molecule has 0 radical (unpaired) electrons. The van der Waals surface area contributed by atoms with E-state index in [4.69, 9.17) is 16.3 Å². The molecule has 0 aliphatic carbocycles. The number of thioether (sulfide) groups is 2. The molecule has 2 saturated heterocycles. The van der Waals surface area contributed by atoms with Crippen LogP contribution in [0.1, 0.15) is 0 Å². The van der Waals surface area contributed by atoms with Gasteiger partial charge in [0, 0.05) is 50.0 Å². The lowest BCUT2D eigenvalue weighted by Gasteiger charge is -2.36. The second kappa shape index (κ2) is 9.22. The lowest BCUT2D eigenvalue weighted by Crippen LogP contribution is -2.52. The topological polar surface area (TPSA) is 32.8 Å². The van der Waals surface area contributed by atoms with E-state index in [2.05, 4.69) is 4.90 Å². The van der Waals surface area contributed by atoms with E-state index in [0.717, 1.165) is 50.0 Å². The molecule has 0 N–H and O–H groups in total. The fourth-order valence-corrected chi connectivity index (χ4v) is 5.69. The molecule has 1 amide bonds. The second-order valence-electron chi connectivity index (χ2n) is 5.88. The molecule has 0 aromatic heterocycles. The van der Waals surface area contributed by atoms with Crippen molar-refractivity contribution in [1.82, 2.24) is 9.80 Å². The number of halogens is 1. The van der Waals surface area contributed by atoms with Gasteiger partial charge in [0.2, 0.25) is 5.91 Å². The van der Waals surface area contributed by atoms with Crippen LogP contribution >= 0.6 is 35.1 Å². The van der Waals surface area contributed by atoms with Crippen molar-refractivity contribution in [3.63, 3.8) is 0 Å². The highest BCUT2D eigenvalue weighted by molar-refractivity contribution is 8.07. The second-order valence-corrected chi connectivity index (χ2v) is 8.75. The van der Waals surface area contributed by atoms with Crippen LogP contribution in [0.3, 0.4) is 0 Å². The first-order valence-corrected chi connectivity index (χ1v) is 10.9. The van der Waals surface area contributed by atoms with E-state index < -0.39 is 0 Å². The number of piperazine rings is 1. The van der Waals surface area contributed by atoms with E-state index in [-0.39, 0.29) is 5.25 Å². The van der Waals surface area contributed by atoms with Gasteiger partial charge in [-0.05, 0) is 12.1 Å². The normalized spacial score (nSPS) is 22.4. The molecule has 3 rings (SSSR count). The molecule has 2 aliphatic rings. The monoisotopic (exact) mass is 386 g/mol. The molecule has 1 unspecified atom stereocenters. The summed E-state index contributed by atoms with van der Waals surface area (Å²) in [5.74, 6) is 4.31. The fourth-order valence-electron chi connectivity index (χ4n) is 2.87. The van der Waals surface area contributed by atoms with Crippen molar-refractivity contribution in [2.24, 2.45) is 0 Å². The van der Waals surface area contributed by atoms with Crippen LogP contribution in [-0.2, 0) is 4.79 Å². The maximum atomic E-state index is 12.5. The Hall–Kier alpha value is -0.560. The molecule has 2 aliphatic heterocycles. The van der Waals surface area contributed by atoms with E-state index in [9.17, 15) is 4.79 Å². The van der Waals surface area contributed by atoms with Crippen molar-refractivity contribution < 1.29 is 9.53 Å². The van der Waals surface area contributed by atoms with Gasteiger partial charge < -0.3 is 9.64 Å². The number of amides is 1.